The van der Waals surface area contributed by atoms with Gasteiger partial charge >= 0.3 is 6.03 Å². The average Bonchev–Trinajstić information content (AvgIpc) is 2.52. The third-order valence-electron chi connectivity index (χ3n) is 4.41. The van der Waals surface area contributed by atoms with Gasteiger partial charge in [-0.3, -0.25) is 0 Å². The highest BCUT2D eigenvalue weighted by Gasteiger charge is 2.18. The number of benzene rings is 1. The van der Waals surface area contributed by atoms with Gasteiger partial charge in [0.2, 0.25) is 0 Å². The summed E-state index contributed by atoms with van der Waals surface area (Å²) in [4.78, 5) is 15.7. The van der Waals surface area contributed by atoms with Gasteiger partial charge in [-0.25, -0.2) is 4.79 Å². The standard InChI is InChI=1S/C18H29N3OS/c1-5-14(3)23-16-6-7-17(13(2)12-16)20-18(22)19-15-8-10-21(4)11-9-15/h6-7,12,14-15H,5,8-11H2,1-4H3,(H2,19,20,22). The number of nitrogens with zero attached hydrogens (tertiary/aromatic N) is 1. The van der Waals surface area contributed by atoms with Gasteiger partial charge in [-0.05, 0) is 70.1 Å². The first-order chi connectivity index (χ1) is 11.0. The van der Waals surface area contributed by atoms with Crippen molar-refractivity contribution in [3.63, 3.8) is 0 Å². The van der Waals surface area contributed by atoms with Gasteiger partial charge in [0.15, 0.2) is 0 Å². The number of hydrogen-bond acceptors (Lipinski definition) is 3. The summed E-state index contributed by atoms with van der Waals surface area (Å²) in [5, 5.41) is 6.69. The second-order valence-corrected chi connectivity index (χ2v) is 8.00. The zero-order valence-corrected chi connectivity index (χ0v) is 15.5. The number of anilines is 1. The minimum absolute atomic E-state index is 0.0926. The molecule has 0 saturated carbocycles. The van der Waals surface area contributed by atoms with E-state index in [1.54, 1.807) is 0 Å². The van der Waals surface area contributed by atoms with Crippen molar-refractivity contribution in [1.29, 1.82) is 0 Å². The zero-order chi connectivity index (χ0) is 16.8. The van der Waals surface area contributed by atoms with Crippen LogP contribution in [-0.4, -0.2) is 42.4 Å². The molecule has 2 amide bonds. The van der Waals surface area contributed by atoms with Crippen LogP contribution in [0.4, 0.5) is 10.5 Å². The third kappa shape index (κ3) is 5.74. The van der Waals surface area contributed by atoms with Crippen molar-refractivity contribution in [1.82, 2.24) is 10.2 Å². The molecule has 1 heterocycles. The molecule has 1 atom stereocenters. The van der Waals surface area contributed by atoms with Crippen LogP contribution in [0.2, 0.25) is 0 Å². The molecule has 23 heavy (non-hydrogen) atoms. The van der Waals surface area contributed by atoms with E-state index in [4.69, 9.17) is 0 Å². The summed E-state index contributed by atoms with van der Waals surface area (Å²) in [6.45, 7) is 8.58. The van der Waals surface area contributed by atoms with Gasteiger partial charge in [0.25, 0.3) is 0 Å². The largest absolute Gasteiger partial charge is 0.335 e. The summed E-state index contributed by atoms with van der Waals surface area (Å²) in [6, 6.07) is 6.45. The van der Waals surface area contributed by atoms with Crippen LogP contribution in [0.15, 0.2) is 23.1 Å². The van der Waals surface area contributed by atoms with Crippen molar-refractivity contribution < 1.29 is 4.79 Å². The highest BCUT2D eigenvalue weighted by Crippen LogP contribution is 2.28. The van der Waals surface area contributed by atoms with Crippen LogP contribution in [-0.2, 0) is 0 Å². The fourth-order valence-corrected chi connectivity index (χ4v) is 3.68. The maximum absolute atomic E-state index is 12.2. The Morgan fingerprint density at radius 1 is 1.39 bits per heavy atom. The number of amides is 2. The van der Waals surface area contributed by atoms with E-state index in [0.717, 1.165) is 43.6 Å². The van der Waals surface area contributed by atoms with Crippen molar-refractivity contribution in [2.75, 3.05) is 25.5 Å². The molecule has 2 N–H and O–H groups in total. The molecule has 0 radical (unpaired) electrons. The summed E-state index contributed by atoms with van der Waals surface area (Å²) in [6.07, 6.45) is 3.20. The molecule has 1 aliphatic heterocycles. The van der Waals surface area contributed by atoms with Crippen LogP contribution >= 0.6 is 11.8 Å². The first-order valence-corrected chi connectivity index (χ1v) is 9.39. The predicted octanol–water partition coefficient (Wildman–Crippen LogP) is 4.10. The molecule has 128 valence electrons. The molecular formula is C18H29N3OS. The minimum atomic E-state index is -0.0926. The van der Waals surface area contributed by atoms with Crippen LogP contribution in [0.5, 0.6) is 0 Å². The van der Waals surface area contributed by atoms with Crippen molar-refractivity contribution in [3.05, 3.63) is 23.8 Å². The first-order valence-electron chi connectivity index (χ1n) is 8.51. The molecule has 0 bridgehead atoms. The predicted molar refractivity (Wildman–Crippen MR) is 99.5 cm³/mol. The highest BCUT2D eigenvalue weighted by atomic mass is 32.2. The van der Waals surface area contributed by atoms with Gasteiger partial charge in [-0.2, -0.15) is 0 Å². The minimum Gasteiger partial charge on any atom is -0.335 e. The van der Waals surface area contributed by atoms with Gasteiger partial charge in [-0.1, -0.05) is 13.8 Å². The van der Waals surface area contributed by atoms with E-state index in [2.05, 4.69) is 48.6 Å². The molecule has 1 aromatic carbocycles. The number of piperidine rings is 1. The average molecular weight is 336 g/mol. The fraction of sp³-hybridized carbons (Fsp3) is 0.611. The summed E-state index contributed by atoms with van der Waals surface area (Å²) < 4.78 is 0. The van der Waals surface area contributed by atoms with Crippen molar-refractivity contribution in [3.8, 4) is 0 Å². The van der Waals surface area contributed by atoms with Crippen LogP contribution in [0, 0.1) is 6.92 Å². The molecule has 1 aromatic rings. The van der Waals surface area contributed by atoms with E-state index in [0.29, 0.717) is 5.25 Å². The lowest BCUT2D eigenvalue weighted by Crippen LogP contribution is -2.44. The van der Waals surface area contributed by atoms with Crippen molar-refractivity contribution in [2.45, 2.75) is 56.2 Å². The van der Waals surface area contributed by atoms with Crippen LogP contribution < -0.4 is 10.6 Å². The van der Waals surface area contributed by atoms with Gasteiger partial charge in [0.1, 0.15) is 0 Å². The number of hydrogen-bond donors (Lipinski definition) is 2. The lowest BCUT2D eigenvalue weighted by Gasteiger charge is -2.29. The SMILES string of the molecule is CCC(C)Sc1ccc(NC(=O)NC2CCN(C)CC2)c(C)c1. The van der Waals surface area contributed by atoms with Gasteiger partial charge in [-0.15, -0.1) is 11.8 Å². The smallest absolute Gasteiger partial charge is 0.319 e. The van der Waals surface area contributed by atoms with E-state index in [9.17, 15) is 4.79 Å². The Hall–Kier alpha value is -1.20. The van der Waals surface area contributed by atoms with Crippen molar-refractivity contribution in [2.24, 2.45) is 0 Å². The number of urea groups is 1. The molecule has 4 nitrogen and oxygen atoms in total. The number of carbonyl (C=O) groups excluding carboxylic acids is 1. The normalized spacial score (nSPS) is 17.7. The van der Waals surface area contributed by atoms with E-state index in [1.807, 2.05) is 24.8 Å². The summed E-state index contributed by atoms with van der Waals surface area (Å²) in [5.74, 6) is 0. The zero-order valence-electron chi connectivity index (χ0n) is 14.7. The topological polar surface area (TPSA) is 44.4 Å². The van der Waals surface area contributed by atoms with Gasteiger partial charge < -0.3 is 15.5 Å². The number of carbonyl (C=O) groups is 1. The lowest BCUT2D eigenvalue weighted by atomic mass is 10.1. The van der Waals surface area contributed by atoms with E-state index in [-0.39, 0.29) is 12.1 Å². The Morgan fingerprint density at radius 3 is 2.70 bits per heavy atom. The molecule has 0 spiro atoms. The molecule has 1 unspecified atom stereocenters. The maximum atomic E-state index is 12.2. The number of likely N-dealkylation sites (tertiary alicyclic amines) is 1. The van der Waals surface area contributed by atoms with E-state index < -0.39 is 0 Å². The number of nitrogens with one attached hydrogen (secondary N) is 2. The van der Waals surface area contributed by atoms with E-state index >= 15 is 0 Å². The van der Waals surface area contributed by atoms with Crippen molar-refractivity contribution >= 4 is 23.5 Å². The summed E-state index contributed by atoms with van der Waals surface area (Å²) in [5.41, 5.74) is 2.00. The molecule has 2 rings (SSSR count). The monoisotopic (exact) mass is 335 g/mol. The highest BCUT2D eigenvalue weighted by molar-refractivity contribution is 7.99. The molecule has 1 aliphatic rings. The molecule has 1 fully saturated rings. The Morgan fingerprint density at radius 2 is 2.09 bits per heavy atom. The van der Waals surface area contributed by atoms with Gasteiger partial charge in [0, 0.05) is 21.9 Å². The van der Waals surface area contributed by atoms with Crippen LogP contribution in [0.1, 0.15) is 38.7 Å². The van der Waals surface area contributed by atoms with Gasteiger partial charge in [0.05, 0.1) is 0 Å². The van der Waals surface area contributed by atoms with Crippen LogP contribution in [0.3, 0.4) is 0 Å². The van der Waals surface area contributed by atoms with E-state index in [1.165, 1.54) is 4.90 Å². The Labute approximate surface area is 144 Å². The molecule has 0 aliphatic carbocycles. The first kappa shape index (κ1) is 18.1. The molecule has 1 saturated heterocycles. The Kier molecular flexibility index (Phi) is 6.78. The molecular weight excluding hydrogens is 306 g/mol. The quantitative estimate of drug-likeness (QED) is 0.796. The molecule has 5 heteroatoms. The second-order valence-electron chi connectivity index (χ2n) is 6.49. The summed E-state index contributed by atoms with van der Waals surface area (Å²) in [7, 11) is 2.12. The second kappa shape index (κ2) is 8.60. The number of aryl methyl sites for hydroxylation is 1. The lowest BCUT2D eigenvalue weighted by molar-refractivity contribution is 0.221. The number of thioether (sulfide) groups is 1. The Bertz CT molecular complexity index is 527. The van der Waals surface area contributed by atoms with Crippen LogP contribution in [0.25, 0.3) is 0 Å². The number of rotatable bonds is 5. The third-order valence-corrected chi connectivity index (χ3v) is 5.67. The maximum Gasteiger partial charge on any atom is 0.319 e. The fourth-order valence-electron chi connectivity index (χ4n) is 2.66. The molecule has 0 aromatic heterocycles. The Balaban J connectivity index is 1.88. The summed E-state index contributed by atoms with van der Waals surface area (Å²) >= 11 is 1.88.